The lowest BCUT2D eigenvalue weighted by molar-refractivity contribution is 0.0495. The van der Waals surface area contributed by atoms with E-state index in [9.17, 15) is 4.79 Å². The molecule has 0 aromatic heterocycles. The van der Waals surface area contributed by atoms with Gasteiger partial charge in [-0.3, -0.25) is 4.90 Å². The van der Waals surface area contributed by atoms with Gasteiger partial charge in [-0.1, -0.05) is 43.7 Å². The number of rotatable bonds is 4. The zero-order chi connectivity index (χ0) is 16.2. The Hall–Kier alpha value is -1.55. The molecule has 1 amide bonds. The summed E-state index contributed by atoms with van der Waals surface area (Å²) in [5.41, 5.74) is 0.865. The second kappa shape index (κ2) is 7.14. The Kier molecular flexibility index (Phi) is 5.46. The third-order valence-electron chi connectivity index (χ3n) is 3.99. The van der Waals surface area contributed by atoms with E-state index in [0.29, 0.717) is 5.92 Å². The summed E-state index contributed by atoms with van der Waals surface area (Å²) in [6.45, 7) is 10.7. The number of hydrogen-bond donors (Lipinski definition) is 1. The summed E-state index contributed by atoms with van der Waals surface area (Å²) in [6.07, 6.45) is 0.753. The summed E-state index contributed by atoms with van der Waals surface area (Å²) < 4.78 is 5.38. The highest BCUT2D eigenvalue weighted by Gasteiger charge is 2.33. The van der Waals surface area contributed by atoms with Crippen LogP contribution in [0, 0.1) is 5.92 Å². The second-order valence-electron chi connectivity index (χ2n) is 7.10. The number of carbonyl (C=O) groups is 1. The molecule has 1 saturated heterocycles. The molecule has 0 saturated carbocycles. The van der Waals surface area contributed by atoms with Crippen molar-refractivity contribution in [1.82, 2.24) is 10.2 Å². The lowest BCUT2D eigenvalue weighted by atomic mass is 10.0. The zero-order valence-corrected chi connectivity index (χ0v) is 14.1. The Morgan fingerprint density at radius 2 is 1.95 bits per heavy atom. The summed E-state index contributed by atoms with van der Waals surface area (Å²) in [5.74, 6) is 0.483. The van der Waals surface area contributed by atoms with E-state index < -0.39 is 5.60 Å². The van der Waals surface area contributed by atoms with Gasteiger partial charge in [0.1, 0.15) is 5.60 Å². The van der Waals surface area contributed by atoms with Crippen LogP contribution in [0.1, 0.15) is 39.7 Å². The van der Waals surface area contributed by atoms with E-state index in [0.717, 1.165) is 26.1 Å². The Balaban J connectivity index is 1.90. The van der Waals surface area contributed by atoms with E-state index in [1.54, 1.807) is 0 Å². The maximum Gasteiger partial charge on any atom is 0.407 e. The molecule has 0 radical (unpaired) electrons. The van der Waals surface area contributed by atoms with Gasteiger partial charge in [-0.2, -0.15) is 0 Å². The van der Waals surface area contributed by atoms with Crippen molar-refractivity contribution in [3.8, 4) is 0 Å². The van der Waals surface area contributed by atoms with Crippen LogP contribution in [-0.2, 0) is 11.3 Å². The summed E-state index contributed by atoms with van der Waals surface area (Å²) in [6, 6.07) is 10.6. The summed E-state index contributed by atoms with van der Waals surface area (Å²) in [7, 11) is 0. The number of hydrogen-bond acceptors (Lipinski definition) is 3. The minimum absolute atomic E-state index is 0.170. The number of alkyl carbamates (subject to hydrolysis) is 1. The van der Waals surface area contributed by atoms with Crippen LogP contribution < -0.4 is 5.32 Å². The highest BCUT2D eigenvalue weighted by molar-refractivity contribution is 5.68. The molecule has 0 spiro atoms. The van der Waals surface area contributed by atoms with Crippen LogP contribution in [0.15, 0.2) is 30.3 Å². The molecule has 1 aliphatic rings. The van der Waals surface area contributed by atoms with Crippen molar-refractivity contribution in [2.24, 2.45) is 5.92 Å². The Labute approximate surface area is 133 Å². The summed E-state index contributed by atoms with van der Waals surface area (Å²) in [4.78, 5) is 14.4. The molecule has 1 heterocycles. The molecule has 1 aromatic carbocycles. The van der Waals surface area contributed by atoms with Gasteiger partial charge in [-0.05, 0) is 32.3 Å². The number of benzene rings is 1. The van der Waals surface area contributed by atoms with Crippen LogP contribution in [0.3, 0.4) is 0 Å². The Bertz CT molecular complexity index is 482. The number of carbonyl (C=O) groups excluding carboxylic acids is 1. The molecule has 0 aliphatic carbocycles. The fraction of sp³-hybridized carbons (Fsp3) is 0.611. The van der Waals surface area contributed by atoms with Crippen LogP contribution in [0.5, 0.6) is 0 Å². The van der Waals surface area contributed by atoms with Gasteiger partial charge in [-0.25, -0.2) is 4.79 Å². The average molecular weight is 304 g/mol. The van der Waals surface area contributed by atoms with Crippen molar-refractivity contribution < 1.29 is 9.53 Å². The average Bonchev–Trinajstić information content (AvgIpc) is 2.79. The number of likely N-dealkylation sites (tertiary alicyclic amines) is 1. The first-order valence-electron chi connectivity index (χ1n) is 8.13. The van der Waals surface area contributed by atoms with Crippen LogP contribution in [0.4, 0.5) is 4.79 Å². The monoisotopic (exact) mass is 304 g/mol. The number of amides is 1. The van der Waals surface area contributed by atoms with E-state index in [2.05, 4.69) is 41.4 Å². The van der Waals surface area contributed by atoms with Gasteiger partial charge in [-0.15, -0.1) is 0 Å². The Morgan fingerprint density at radius 3 is 2.55 bits per heavy atom. The van der Waals surface area contributed by atoms with Crippen LogP contribution in [0.25, 0.3) is 0 Å². The molecule has 22 heavy (non-hydrogen) atoms. The normalized spacial score (nSPS) is 22.5. The molecule has 1 aromatic rings. The smallest absolute Gasteiger partial charge is 0.407 e. The first-order valence-corrected chi connectivity index (χ1v) is 8.13. The summed E-state index contributed by atoms with van der Waals surface area (Å²) in [5, 5.41) is 3.05. The van der Waals surface area contributed by atoms with Crippen LogP contribution in [-0.4, -0.2) is 35.7 Å². The number of ether oxygens (including phenoxy) is 1. The molecule has 2 rings (SSSR count). The van der Waals surface area contributed by atoms with E-state index in [1.807, 2.05) is 26.8 Å². The molecular weight excluding hydrogens is 276 g/mol. The van der Waals surface area contributed by atoms with Gasteiger partial charge in [0.15, 0.2) is 0 Å². The van der Waals surface area contributed by atoms with Crippen molar-refractivity contribution in [2.45, 2.75) is 52.3 Å². The number of nitrogens with zero attached hydrogens (tertiary/aromatic N) is 1. The Morgan fingerprint density at radius 1 is 1.27 bits per heavy atom. The lowest BCUT2D eigenvalue weighted by Crippen LogP contribution is -2.43. The SMILES string of the molecule is CC[C@@H]1CN(Cc2ccccc2)C[C@@H]1NC(=O)OC(C)(C)C. The fourth-order valence-corrected chi connectivity index (χ4v) is 2.97. The van der Waals surface area contributed by atoms with Gasteiger partial charge in [0.05, 0.1) is 0 Å². The minimum atomic E-state index is -0.450. The molecule has 1 aliphatic heterocycles. The maximum atomic E-state index is 12.0. The predicted octanol–water partition coefficient (Wildman–Crippen LogP) is 3.42. The summed E-state index contributed by atoms with van der Waals surface area (Å²) >= 11 is 0. The van der Waals surface area contributed by atoms with Gasteiger partial charge in [0, 0.05) is 25.7 Å². The largest absolute Gasteiger partial charge is 0.444 e. The van der Waals surface area contributed by atoms with E-state index in [1.165, 1.54) is 5.56 Å². The van der Waals surface area contributed by atoms with E-state index in [4.69, 9.17) is 4.74 Å². The van der Waals surface area contributed by atoms with Crippen molar-refractivity contribution in [1.29, 1.82) is 0 Å². The van der Waals surface area contributed by atoms with E-state index in [-0.39, 0.29) is 12.1 Å². The van der Waals surface area contributed by atoms with Crippen molar-refractivity contribution in [3.05, 3.63) is 35.9 Å². The van der Waals surface area contributed by atoms with Gasteiger partial charge < -0.3 is 10.1 Å². The molecule has 2 atom stereocenters. The second-order valence-corrected chi connectivity index (χ2v) is 7.10. The third-order valence-corrected chi connectivity index (χ3v) is 3.99. The van der Waals surface area contributed by atoms with Crippen molar-refractivity contribution >= 4 is 6.09 Å². The van der Waals surface area contributed by atoms with Crippen LogP contribution in [0.2, 0.25) is 0 Å². The van der Waals surface area contributed by atoms with Gasteiger partial charge >= 0.3 is 6.09 Å². The molecule has 1 N–H and O–H groups in total. The van der Waals surface area contributed by atoms with Gasteiger partial charge in [0.25, 0.3) is 0 Å². The highest BCUT2D eigenvalue weighted by atomic mass is 16.6. The lowest BCUT2D eigenvalue weighted by Gasteiger charge is -2.23. The molecule has 0 bridgehead atoms. The molecule has 1 fully saturated rings. The quantitative estimate of drug-likeness (QED) is 0.926. The first-order chi connectivity index (χ1) is 10.4. The van der Waals surface area contributed by atoms with Crippen LogP contribution >= 0.6 is 0 Å². The minimum Gasteiger partial charge on any atom is -0.444 e. The molecule has 122 valence electrons. The van der Waals surface area contributed by atoms with Crippen molar-refractivity contribution in [2.75, 3.05) is 13.1 Å². The van der Waals surface area contributed by atoms with Gasteiger partial charge in [0.2, 0.25) is 0 Å². The number of nitrogens with one attached hydrogen (secondary N) is 1. The topological polar surface area (TPSA) is 41.6 Å². The first kappa shape index (κ1) is 16.8. The molecule has 0 unspecified atom stereocenters. The molecular formula is C18H28N2O2. The highest BCUT2D eigenvalue weighted by Crippen LogP contribution is 2.22. The van der Waals surface area contributed by atoms with Crippen molar-refractivity contribution in [3.63, 3.8) is 0 Å². The standard InChI is InChI=1S/C18H28N2O2/c1-5-15-12-20(11-14-9-7-6-8-10-14)13-16(15)19-17(21)22-18(2,3)4/h6-10,15-16H,5,11-13H2,1-4H3,(H,19,21)/t15-,16+/m1/s1. The molecule has 4 heteroatoms. The fourth-order valence-electron chi connectivity index (χ4n) is 2.97. The third kappa shape index (κ3) is 5.02. The zero-order valence-electron chi connectivity index (χ0n) is 14.1. The predicted molar refractivity (Wildman–Crippen MR) is 88.7 cm³/mol. The molecule has 4 nitrogen and oxygen atoms in total. The maximum absolute atomic E-state index is 12.0. The van der Waals surface area contributed by atoms with E-state index >= 15 is 0 Å².